The first-order valence-corrected chi connectivity index (χ1v) is 5.48. The molecule has 2 aromatic heterocycles. The minimum atomic E-state index is 0.812. The van der Waals surface area contributed by atoms with E-state index in [0.29, 0.717) is 0 Å². The SMILES string of the molecule is Ic1nnc(I)c2nsnc12. The van der Waals surface area contributed by atoms with Gasteiger partial charge in [-0.3, -0.25) is 0 Å². The number of aromatic nitrogens is 4. The highest BCUT2D eigenvalue weighted by Gasteiger charge is 2.08. The van der Waals surface area contributed by atoms with Crippen molar-refractivity contribution in [2.24, 2.45) is 0 Å². The van der Waals surface area contributed by atoms with E-state index in [9.17, 15) is 0 Å². The molecule has 0 aliphatic rings. The Morgan fingerprint density at radius 2 is 1.36 bits per heavy atom. The van der Waals surface area contributed by atoms with Gasteiger partial charge >= 0.3 is 0 Å². The summed E-state index contributed by atoms with van der Waals surface area (Å²) in [6.45, 7) is 0. The van der Waals surface area contributed by atoms with Crippen LogP contribution in [-0.4, -0.2) is 18.9 Å². The number of halogens is 2. The van der Waals surface area contributed by atoms with Crippen LogP contribution in [0, 0.1) is 7.40 Å². The maximum absolute atomic E-state index is 4.09. The van der Waals surface area contributed by atoms with Gasteiger partial charge in [0.05, 0.1) is 11.7 Å². The third kappa shape index (κ3) is 1.33. The Morgan fingerprint density at radius 3 is 1.82 bits per heavy atom. The van der Waals surface area contributed by atoms with E-state index in [1.807, 2.05) is 0 Å². The Labute approximate surface area is 93.4 Å². The van der Waals surface area contributed by atoms with Gasteiger partial charge in [0.2, 0.25) is 0 Å². The lowest BCUT2D eigenvalue weighted by Gasteiger charge is -1.89. The molecule has 0 atom stereocenters. The van der Waals surface area contributed by atoms with Crippen molar-refractivity contribution < 1.29 is 0 Å². The number of rotatable bonds is 0. The van der Waals surface area contributed by atoms with Gasteiger partial charge in [0.1, 0.15) is 11.0 Å². The topological polar surface area (TPSA) is 51.6 Å². The van der Waals surface area contributed by atoms with E-state index in [2.05, 4.69) is 64.1 Å². The van der Waals surface area contributed by atoms with Gasteiger partial charge in [-0.05, 0) is 45.2 Å². The summed E-state index contributed by atoms with van der Waals surface area (Å²) in [6.07, 6.45) is 0. The van der Waals surface area contributed by atoms with Crippen LogP contribution in [0.25, 0.3) is 11.0 Å². The quantitative estimate of drug-likeness (QED) is 0.643. The normalized spacial score (nSPS) is 10.7. The van der Waals surface area contributed by atoms with Crippen molar-refractivity contribution in [2.45, 2.75) is 0 Å². The molecule has 0 spiro atoms. The Bertz CT molecular complexity index is 364. The molecule has 0 radical (unpaired) electrons. The van der Waals surface area contributed by atoms with Crippen LogP contribution in [0.4, 0.5) is 0 Å². The zero-order valence-electron chi connectivity index (χ0n) is 4.95. The molecule has 0 saturated carbocycles. The number of nitrogens with zero attached hydrogens (tertiary/aromatic N) is 4. The standard InChI is InChI=1S/C4I2N4S/c5-3-1-2(10-11-9-1)4(6)8-7-3. The monoisotopic (exact) mass is 390 g/mol. The van der Waals surface area contributed by atoms with E-state index in [4.69, 9.17) is 0 Å². The molecule has 11 heavy (non-hydrogen) atoms. The van der Waals surface area contributed by atoms with Gasteiger partial charge in [0.25, 0.3) is 0 Å². The van der Waals surface area contributed by atoms with Crippen LogP contribution in [0.1, 0.15) is 0 Å². The van der Waals surface area contributed by atoms with Crippen LogP contribution < -0.4 is 0 Å². The van der Waals surface area contributed by atoms with Crippen molar-refractivity contribution in [1.29, 1.82) is 0 Å². The van der Waals surface area contributed by atoms with E-state index in [1.165, 1.54) is 11.7 Å². The van der Waals surface area contributed by atoms with Crippen molar-refractivity contribution in [1.82, 2.24) is 18.9 Å². The second kappa shape index (κ2) is 3.01. The van der Waals surface area contributed by atoms with Crippen LogP contribution in [0.2, 0.25) is 0 Å². The molecule has 0 aliphatic carbocycles. The summed E-state index contributed by atoms with van der Waals surface area (Å²) in [6, 6.07) is 0. The molecule has 0 fully saturated rings. The van der Waals surface area contributed by atoms with Crippen molar-refractivity contribution in [3.63, 3.8) is 0 Å². The lowest BCUT2D eigenvalue weighted by atomic mass is 10.5. The Balaban J connectivity index is 2.96. The molecule has 0 N–H and O–H groups in total. The van der Waals surface area contributed by atoms with Gasteiger partial charge in [0, 0.05) is 0 Å². The molecule has 0 bridgehead atoms. The third-order valence-electron chi connectivity index (χ3n) is 1.10. The second-order valence-electron chi connectivity index (χ2n) is 1.74. The lowest BCUT2D eigenvalue weighted by molar-refractivity contribution is 0.994. The Kier molecular flexibility index (Phi) is 2.19. The van der Waals surface area contributed by atoms with E-state index in [0.717, 1.165) is 18.4 Å². The van der Waals surface area contributed by atoms with Crippen molar-refractivity contribution >= 4 is 67.9 Å². The van der Waals surface area contributed by atoms with E-state index in [-0.39, 0.29) is 0 Å². The van der Waals surface area contributed by atoms with E-state index in [1.54, 1.807) is 0 Å². The first-order valence-electron chi connectivity index (χ1n) is 2.59. The first-order chi connectivity index (χ1) is 5.29. The minimum Gasteiger partial charge on any atom is -0.170 e. The van der Waals surface area contributed by atoms with Crippen LogP contribution >= 0.6 is 56.9 Å². The van der Waals surface area contributed by atoms with E-state index >= 15 is 0 Å². The molecule has 4 nitrogen and oxygen atoms in total. The summed E-state index contributed by atoms with van der Waals surface area (Å²) in [7, 11) is 0. The van der Waals surface area contributed by atoms with E-state index < -0.39 is 0 Å². The summed E-state index contributed by atoms with van der Waals surface area (Å²) in [4.78, 5) is 0. The maximum atomic E-state index is 4.09. The Hall–Kier alpha value is 0.360. The van der Waals surface area contributed by atoms with Gasteiger partial charge in [-0.1, -0.05) is 0 Å². The summed E-state index contributed by atoms with van der Waals surface area (Å²) < 4.78 is 9.81. The maximum Gasteiger partial charge on any atom is 0.152 e. The molecule has 0 aliphatic heterocycles. The van der Waals surface area contributed by atoms with Gasteiger partial charge in [0.15, 0.2) is 7.40 Å². The smallest absolute Gasteiger partial charge is 0.152 e. The van der Waals surface area contributed by atoms with Crippen LogP contribution in [0.5, 0.6) is 0 Å². The molecule has 56 valence electrons. The van der Waals surface area contributed by atoms with Gasteiger partial charge in [-0.25, -0.2) is 0 Å². The number of hydrogen-bond acceptors (Lipinski definition) is 5. The lowest BCUT2D eigenvalue weighted by Crippen LogP contribution is -1.91. The fraction of sp³-hybridized carbons (Fsp3) is 0. The zero-order valence-corrected chi connectivity index (χ0v) is 10.1. The summed E-state index contributed by atoms with van der Waals surface area (Å²) in [5, 5.41) is 7.82. The molecule has 2 aromatic rings. The van der Waals surface area contributed by atoms with Crippen molar-refractivity contribution in [2.75, 3.05) is 0 Å². The molecule has 0 unspecified atom stereocenters. The minimum absolute atomic E-state index is 0.812. The molecule has 2 heterocycles. The average Bonchev–Trinajstić information content (AvgIpc) is 2.45. The first kappa shape index (κ1) is 7.98. The van der Waals surface area contributed by atoms with Crippen LogP contribution in [-0.2, 0) is 0 Å². The van der Waals surface area contributed by atoms with Crippen LogP contribution in [0.15, 0.2) is 0 Å². The molecule has 7 heteroatoms. The Morgan fingerprint density at radius 1 is 0.909 bits per heavy atom. The van der Waals surface area contributed by atoms with Gasteiger partial charge in [-0.15, -0.1) is 10.2 Å². The fourth-order valence-corrected chi connectivity index (χ4v) is 2.49. The van der Waals surface area contributed by atoms with Crippen molar-refractivity contribution in [3.05, 3.63) is 7.40 Å². The summed E-state index contributed by atoms with van der Waals surface area (Å²) in [5.74, 6) is 0. The highest BCUT2D eigenvalue weighted by molar-refractivity contribution is 14.1. The largest absolute Gasteiger partial charge is 0.170 e. The molecular weight excluding hydrogens is 390 g/mol. The van der Waals surface area contributed by atoms with Gasteiger partial charge < -0.3 is 0 Å². The molecule has 0 saturated heterocycles. The predicted octanol–water partition coefficient (Wildman–Crippen LogP) is 1.69. The van der Waals surface area contributed by atoms with Gasteiger partial charge in [-0.2, -0.15) is 8.75 Å². The summed E-state index contributed by atoms with van der Waals surface area (Å²) in [5.41, 5.74) is 1.71. The molecule has 0 aromatic carbocycles. The molecular formula is C4I2N4S. The number of hydrogen-bond donors (Lipinski definition) is 0. The van der Waals surface area contributed by atoms with Crippen molar-refractivity contribution in [3.8, 4) is 0 Å². The highest BCUT2D eigenvalue weighted by Crippen LogP contribution is 2.18. The average molecular weight is 390 g/mol. The predicted molar refractivity (Wildman–Crippen MR) is 58.4 cm³/mol. The molecule has 2 rings (SSSR count). The fourth-order valence-electron chi connectivity index (χ4n) is 0.642. The molecule has 0 amide bonds. The van der Waals surface area contributed by atoms with Crippen LogP contribution in [0.3, 0.4) is 0 Å². The number of fused-ring (bicyclic) bond motifs is 1. The summed E-state index contributed by atoms with van der Waals surface area (Å²) >= 11 is 5.39. The highest BCUT2D eigenvalue weighted by atomic mass is 127. The zero-order chi connectivity index (χ0) is 7.84. The second-order valence-corrected chi connectivity index (χ2v) is 4.32. The third-order valence-corrected chi connectivity index (χ3v) is 3.09.